The van der Waals surface area contributed by atoms with Gasteiger partial charge >= 0.3 is 5.97 Å². The van der Waals surface area contributed by atoms with Crippen molar-refractivity contribution in [2.75, 3.05) is 12.1 Å². The van der Waals surface area contributed by atoms with Gasteiger partial charge in [-0.1, -0.05) is 12.1 Å². The Labute approximate surface area is 114 Å². The summed E-state index contributed by atoms with van der Waals surface area (Å²) < 4.78 is 0. The number of aliphatic carboxylic acids is 1. The third kappa shape index (κ3) is 3.48. The van der Waals surface area contributed by atoms with E-state index in [-0.39, 0.29) is 23.6 Å². The number of thioether (sulfide) groups is 1. The molecule has 1 rings (SSSR count). The molecule has 0 spiro atoms. The number of carboxylic acid groups (broad SMARTS) is 1. The van der Waals surface area contributed by atoms with Gasteiger partial charge in [-0.3, -0.25) is 4.79 Å². The monoisotopic (exact) mass is 288 g/mol. The minimum atomic E-state index is -1.63. The first-order valence-electron chi connectivity index (χ1n) is 5.15. The van der Waals surface area contributed by atoms with E-state index in [1.54, 1.807) is 24.5 Å². The molecule has 0 radical (unpaired) electrons. The average molecular weight is 289 g/mol. The van der Waals surface area contributed by atoms with Gasteiger partial charge in [0.15, 0.2) is 11.9 Å². The largest absolute Gasteiger partial charge is 0.479 e. The number of hydrogen-bond acceptors (Lipinski definition) is 4. The average Bonchev–Trinajstić information content (AvgIpc) is 2.37. The molecule has 0 fully saturated rings. The molecule has 0 bridgehead atoms. The number of ketones is 1. The van der Waals surface area contributed by atoms with E-state index < -0.39 is 12.1 Å². The van der Waals surface area contributed by atoms with Crippen LogP contribution in [0, 0.1) is 0 Å². The van der Waals surface area contributed by atoms with Gasteiger partial charge in [0.2, 0.25) is 0 Å². The molecule has 0 saturated carbocycles. The Morgan fingerprint density at radius 2 is 2.11 bits per heavy atom. The standard InChI is InChI=1S/C12H13ClO4S/c1-18-9-4-2-3-7(5-8(14)6-13)10(9)11(15)12(16)17/h2-4,11,15H,5-6H2,1H3,(H,16,17). The normalized spacial score (nSPS) is 12.2. The van der Waals surface area contributed by atoms with Gasteiger partial charge in [0, 0.05) is 16.9 Å². The van der Waals surface area contributed by atoms with Gasteiger partial charge in [-0.2, -0.15) is 0 Å². The molecule has 0 saturated heterocycles. The lowest BCUT2D eigenvalue weighted by Crippen LogP contribution is -2.16. The molecule has 1 atom stereocenters. The Hall–Kier alpha value is -1.04. The summed E-state index contributed by atoms with van der Waals surface area (Å²) in [5, 5.41) is 18.6. The topological polar surface area (TPSA) is 74.6 Å². The highest BCUT2D eigenvalue weighted by atomic mass is 35.5. The fourth-order valence-corrected chi connectivity index (χ4v) is 2.39. The number of carbonyl (C=O) groups excluding carboxylic acids is 1. The fourth-order valence-electron chi connectivity index (χ4n) is 1.62. The lowest BCUT2D eigenvalue weighted by atomic mass is 9.98. The van der Waals surface area contributed by atoms with Crippen LogP contribution in [-0.2, 0) is 16.0 Å². The second-order valence-corrected chi connectivity index (χ2v) is 4.74. The first-order chi connectivity index (χ1) is 8.51. The third-order valence-electron chi connectivity index (χ3n) is 2.42. The molecule has 1 aromatic rings. The van der Waals surface area contributed by atoms with Crippen LogP contribution in [-0.4, -0.2) is 34.1 Å². The fraction of sp³-hybridized carbons (Fsp3) is 0.333. The van der Waals surface area contributed by atoms with E-state index in [0.717, 1.165) is 0 Å². The zero-order chi connectivity index (χ0) is 13.7. The Kier molecular flexibility index (Phi) is 5.65. The molecule has 2 N–H and O–H groups in total. The van der Waals surface area contributed by atoms with Crippen molar-refractivity contribution >= 4 is 35.1 Å². The van der Waals surface area contributed by atoms with Crippen molar-refractivity contribution in [2.45, 2.75) is 17.4 Å². The summed E-state index contributed by atoms with van der Waals surface area (Å²) in [6.45, 7) is 0. The Morgan fingerprint density at radius 1 is 1.44 bits per heavy atom. The van der Waals surface area contributed by atoms with Crippen LogP contribution in [0.2, 0.25) is 0 Å². The van der Waals surface area contributed by atoms with Gasteiger partial charge in [-0.15, -0.1) is 23.4 Å². The van der Waals surface area contributed by atoms with Crippen LogP contribution >= 0.6 is 23.4 Å². The lowest BCUT2D eigenvalue weighted by molar-refractivity contribution is -0.147. The van der Waals surface area contributed by atoms with Gasteiger partial charge < -0.3 is 10.2 Å². The number of carboxylic acids is 1. The minimum absolute atomic E-state index is 0.0254. The predicted octanol–water partition coefficient (Wildman–Crippen LogP) is 1.88. The highest BCUT2D eigenvalue weighted by molar-refractivity contribution is 7.98. The molecule has 1 unspecified atom stereocenters. The van der Waals surface area contributed by atoms with Gasteiger partial charge in [0.25, 0.3) is 0 Å². The predicted molar refractivity (Wildman–Crippen MR) is 70.2 cm³/mol. The maximum Gasteiger partial charge on any atom is 0.337 e. The van der Waals surface area contributed by atoms with Gasteiger partial charge in [-0.05, 0) is 17.9 Å². The maximum atomic E-state index is 11.4. The molecular formula is C12H13ClO4S. The number of alkyl halides is 1. The number of benzene rings is 1. The van der Waals surface area contributed by atoms with Gasteiger partial charge in [0.1, 0.15) is 0 Å². The van der Waals surface area contributed by atoms with E-state index in [1.165, 1.54) is 11.8 Å². The summed E-state index contributed by atoms with van der Waals surface area (Å²) in [4.78, 5) is 22.9. The lowest BCUT2D eigenvalue weighted by Gasteiger charge is -2.15. The van der Waals surface area contributed by atoms with Crippen molar-refractivity contribution in [2.24, 2.45) is 0 Å². The summed E-state index contributed by atoms with van der Waals surface area (Å²) in [5.41, 5.74) is 0.776. The minimum Gasteiger partial charge on any atom is -0.479 e. The molecule has 0 aliphatic heterocycles. The van der Waals surface area contributed by atoms with Gasteiger partial charge in [-0.25, -0.2) is 4.79 Å². The molecule has 18 heavy (non-hydrogen) atoms. The zero-order valence-corrected chi connectivity index (χ0v) is 11.3. The molecule has 0 aliphatic carbocycles. The Bertz CT molecular complexity index is 461. The zero-order valence-electron chi connectivity index (χ0n) is 9.72. The number of aliphatic hydroxyl groups excluding tert-OH is 1. The highest BCUT2D eigenvalue weighted by Gasteiger charge is 2.23. The molecular weight excluding hydrogens is 276 g/mol. The van der Waals surface area contributed by atoms with Crippen LogP contribution in [0.5, 0.6) is 0 Å². The molecule has 0 aromatic heterocycles. The van der Waals surface area contributed by atoms with Crippen LogP contribution in [0.1, 0.15) is 17.2 Å². The van der Waals surface area contributed by atoms with Crippen molar-refractivity contribution in [3.05, 3.63) is 29.3 Å². The summed E-state index contributed by atoms with van der Waals surface area (Å²) in [6, 6.07) is 5.06. The quantitative estimate of drug-likeness (QED) is 0.617. The maximum absolute atomic E-state index is 11.4. The molecule has 0 heterocycles. The van der Waals surface area contributed by atoms with Crippen LogP contribution in [0.25, 0.3) is 0 Å². The molecule has 1 aromatic carbocycles. The summed E-state index contributed by atoms with van der Waals surface area (Å²) >= 11 is 6.76. The van der Waals surface area contributed by atoms with Crippen molar-refractivity contribution < 1.29 is 19.8 Å². The molecule has 6 heteroatoms. The number of Topliss-reactive ketones (excluding diaryl/α,β-unsaturated/α-hetero) is 1. The highest BCUT2D eigenvalue weighted by Crippen LogP contribution is 2.30. The number of rotatable bonds is 6. The summed E-state index contributed by atoms with van der Waals surface area (Å²) in [5.74, 6) is -1.68. The summed E-state index contributed by atoms with van der Waals surface area (Å²) in [7, 11) is 0. The smallest absolute Gasteiger partial charge is 0.337 e. The van der Waals surface area contributed by atoms with E-state index in [4.69, 9.17) is 16.7 Å². The SMILES string of the molecule is CSc1cccc(CC(=O)CCl)c1C(O)C(=O)O. The Balaban J connectivity index is 3.24. The van der Waals surface area contributed by atoms with Crippen LogP contribution < -0.4 is 0 Å². The van der Waals surface area contributed by atoms with Crippen LogP contribution in [0.4, 0.5) is 0 Å². The van der Waals surface area contributed by atoms with E-state index in [9.17, 15) is 14.7 Å². The molecule has 0 aliphatic rings. The van der Waals surface area contributed by atoms with E-state index >= 15 is 0 Å². The van der Waals surface area contributed by atoms with E-state index in [0.29, 0.717) is 10.5 Å². The van der Waals surface area contributed by atoms with Gasteiger partial charge in [0.05, 0.1) is 5.88 Å². The third-order valence-corrected chi connectivity index (χ3v) is 3.51. The van der Waals surface area contributed by atoms with Crippen molar-refractivity contribution in [1.82, 2.24) is 0 Å². The second-order valence-electron chi connectivity index (χ2n) is 3.62. The molecule has 98 valence electrons. The molecule has 4 nitrogen and oxygen atoms in total. The first kappa shape index (κ1) is 15.0. The Morgan fingerprint density at radius 3 is 2.61 bits per heavy atom. The van der Waals surface area contributed by atoms with Crippen LogP contribution in [0.15, 0.2) is 23.1 Å². The van der Waals surface area contributed by atoms with Crippen molar-refractivity contribution in [3.8, 4) is 0 Å². The van der Waals surface area contributed by atoms with Crippen LogP contribution in [0.3, 0.4) is 0 Å². The second kappa shape index (κ2) is 6.78. The van der Waals surface area contributed by atoms with Crippen molar-refractivity contribution in [1.29, 1.82) is 0 Å². The number of hydrogen-bond donors (Lipinski definition) is 2. The first-order valence-corrected chi connectivity index (χ1v) is 6.91. The number of carbonyl (C=O) groups is 2. The molecule has 0 amide bonds. The van der Waals surface area contributed by atoms with E-state index in [2.05, 4.69) is 0 Å². The summed E-state index contributed by atoms with van der Waals surface area (Å²) in [6.07, 6.45) is 0.171. The number of aliphatic hydroxyl groups is 1. The van der Waals surface area contributed by atoms with E-state index in [1.807, 2.05) is 0 Å². The van der Waals surface area contributed by atoms with Crippen molar-refractivity contribution in [3.63, 3.8) is 0 Å². The number of halogens is 1.